The highest BCUT2D eigenvalue weighted by molar-refractivity contribution is 5.93. The minimum Gasteiger partial charge on any atom is -0.466 e. The summed E-state index contributed by atoms with van der Waals surface area (Å²) in [6, 6.07) is 2.93. The molecule has 206 valence electrons. The van der Waals surface area contributed by atoms with Gasteiger partial charge in [-0.05, 0) is 70.6 Å². The third-order valence-corrected chi connectivity index (χ3v) is 6.25. The van der Waals surface area contributed by atoms with Crippen molar-refractivity contribution >= 4 is 23.9 Å². The van der Waals surface area contributed by atoms with Crippen molar-refractivity contribution in [3.05, 3.63) is 34.9 Å². The maximum atomic E-state index is 13.8. The number of carbonyl (C=O) groups excluding carboxylic acids is 4. The van der Waals surface area contributed by atoms with Crippen molar-refractivity contribution in [1.82, 2.24) is 15.5 Å². The predicted molar refractivity (Wildman–Crippen MR) is 138 cm³/mol. The Hall–Kier alpha value is -3.14. The highest BCUT2D eigenvalue weighted by Gasteiger charge is 2.48. The average Bonchev–Trinajstić information content (AvgIpc) is 3.52. The van der Waals surface area contributed by atoms with Crippen LogP contribution in [0.3, 0.4) is 0 Å². The van der Waals surface area contributed by atoms with Gasteiger partial charge < -0.3 is 30.1 Å². The molecule has 10 heteroatoms. The van der Waals surface area contributed by atoms with Gasteiger partial charge in [-0.1, -0.05) is 25.1 Å². The van der Waals surface area contributed by atoms with E-state index in [1.807, 2.05) is 32.9 Å². The first-order valence-corrected chi connectivity index (χ1v) is 12.7. The van der Waals surface area contributed by atoms with Crippen LogP contribution in [0, 0.1) is 19.8 Å². The van der Waals surface area contributed by atoms with Gasteiger partial charge in [0.15, 0.2) is 0 Å². The van der Waals surface area contributed by atoms with Crippen molar-refractivity contribution < 1.29 is 33.8 Å². The lowest BCUT2D eigenvalue weighted by molar-refractivity contribution is -0.145. The second-order valence-electron chi connectivity index (χ2n) is 10.4. The number of benzene rings is 1. The van der Waals surface area contributed by atoms with Crippen molar-refractivity contribution in [2.75, 3.05) is 19.8 Å². The fourth-order valence-electron chi connectivity index (χ4n) is 4.09. The summed E-state index contributed by atoms with van der Waals surface area (Å²) in [5.41, 5.74) is 1.64. The van der Waals surface area contributed by atoms with Crippen molar-refractivity contribution in [2.24, 2.45) is 5.92 Å². The van der Waals surface area contributed by atoms with Crippen molar-refractivity contribution in [3.8, 4) is 0 Å². The van der Waals surface area contributed by atoms with Crippen LogP contribution in [0.25, 0.3) is 0 Å². The second-order valence-corrected chi connectivity index (χ2v) is 10.4. The molecule has 37 heavy (non-hydrogen) atoms. The lowest BCUT2D eigenvalue weighted by Crippen LogP contribution is -2.55. The fourth-order valence-corrected chi connectivity index (χ4v) is 4.09. The zero-order valence-electron chi connectivity index (χ0n) is 22.9. The van der Waals surface area contributed by atoms with E-state index in [1.54, 1.807) is 33.8 Å². The van der Waals surface area contributed by atoms with E-state index in [1.165, 1.54) is 4.90 Å². The number of hydrogen-bond acceptors (Lipinski definition) is 7. The number of hydrogen-bond donors (Lipinski definition) is 3. The van der Waals surface area contributed by atoms with Crippen LogP contribution in [0.2, 0.25) is 0 Å². The monoisotopic (exact) mass is 519 g/mol. The molecule has 0 radical (unpaired) electrons. The van der Waals surface area contributed by atoms with Crippen molar-refractivity contribution in [2.45, 2.75) is 85.0 Å². The van der Waals surface area contributed by atoms with Crippen LogP contribution in [0.15, 0.2) is 18.2 Å². The molecule has 1 fully saturated rings. The minimum atomic E-state index is -1.30. The third kappa shape index (κ3) is 8.45. The van der Waals surface area contributed by atoms with Crippen LogP contribution in [0.1, 0.15) is 70.2 Å². The number of aliphatic hydroxyl groups is 1. The topological polar surface area (TPSA) is 134 Å². The van der Waals surface area contributed by atoms with Gasteiger partial charge >= 0.3 is 12.1 Å². The average molecular weight is 520 g/mol. The summed E-state index contributed by atoms with van der Waals surface area (Å²) in [5, 5.41) is 15.3. The van der Waals surface area contributed by atoms with Crippen LogP contribution in [-0.4, -0.2) is 71.3 Å². The van der Waals surface area contributed by atoms with Crippen LogP contribution >= 0.6 is 0 Å². The summed E-state index contributed by atoms with van der Waals surface area (Å²) in [6.45, 7) is 12.2. The molecule has 4 atom stereocenters. The van der Waals surface area contributed by atoms with E-state index in [0.717, 1.165) is 11.1 Å². The summed E-state index contributed by atoms with van der Waals surface area (Å²) in [7, 11) is 0. The molecule has 0 saturated heterocycles. The SMILES string of the molecule is CCOC(=O)CCNC(=O)C(c1cccc(C)c1C)N(C(=O)C(CO)NC(=O)OC(C)(C)C)C1CC1C. The van der Waals surface area contributed by atoms with Crippen LogP contribution < -0.4 is 10.6 Å². The molecule has 0 aliphatic heterocycles. The van der Waals surface area contributed by atoms with Gasteiger partial charge in [-0.2, -0.15) is 0 Å². The number of aryl methyl sites for hydroxylation is 1. The molecule has 4 unspecified atom stereocenters. The highest BCUT2D eigenvalue weighted by Crippen LogP contribution is 2.41. The zero-order chi connectivity index (χ0) is 27.9. The maximum absolute atomic E-state index is 13.8. The van der Waals surface area contributed by atoms with E-state index in [9.17, 15) is 24.3 Å². The number of alkyl carbamates (subject to hydrolysis) is 1. The van der Waals surface area contributed by atoms with Crippen LogP contribution in [0.5, 0.6) is 0 Å². The van der Waals surface area contributed by atoms with Gasteiger partial charge in [0.1, 0.15) is 17.7 Å². The van der Waals surface area contributed by atoms with E-state index < -0.39 is 48.2 Å². The Balaban J connectivity index is 2.41. The molecular formula is C27H41N3O7. The summed E-state index contributed by atoms with van der Waals surface area (Å²) in [6.07, 6.45) is -0.175. The number of rotatable bonds is 11. The van der Waals surface area contributed by atoms with E-state index in [-0.39, 0.29) is 31.5 Å². The molecule has 3 N–H and O–H groups in total. The lowest BCUT2D eigenvalue weighted by atomic mass is 9.94. The molecule has 1 aliphatic rings. The summed E-state index contributed by atoms with van der Waals surface area (Å²) in [4.78, 5) is 53.1. The van der Waals surface area contributed by atoms with Gasteiger partial charge in [-0.15, -0.1) is 0 Å². The largest absolute Gasteiger partial charge is 0.466 e. The van der Waals surface area contributed by atoms with E-state index in [0.29, 0.717) is 12.0 Å². The Kier molecular flexibility index (Phi) is 10.5. The minimum absolute atomic E-state index is 0.00760. The van der Waals surface area contributed by atoms with Crippen LogP contribution in [-0.2, 0) is 23.9 Å². The van der Waals surface area contributed by atoms with Crippen LogP contribution in [0.4, 0.5) is 4.79 Å². The standard InChI is InChI=1S/C27H41N3O7/c1-8-36-22(32)12-13-28-24(33)23(19-11-9-10-16(2)18(19)4)30(21-14-17(21)3)25(34)20(15-31)29-26(35)37-27(5,6)7/h9-11,17,20-21,23,31H,8,12-15H2,1-7H3,(H,28,33)(H,29,35). The van der Waals surface area contributed by atoms with E-state index in [4.69, 9.17) is 9.47 Å². The first-order valence-electron chi connectivity index (χ1n) is 12.7. The van der Waals surface area contributed by atoms with Gasteiger partial charge in [0.05, 0.1) is 19.6 Å². The first-order chi connectivity index (χ1) is 17.3. The quantitative estimate of drug-likeness (QED) is 0.383. The molecule has 3 amide bonds. The first kappa shape index (κ1) is 30.1. The Morgan fingerprint density at radius 1 is 1.19 bits per heavy atom. The summed E-state index contributed by atoms with van der Waals surface area (Å²) < 4.78 is 10.2. The second kappa shape index (κ2) is 12.9. The molecule has 2 rings (SSSR count). The Labute approximate surface area is 219 Å². The number of amides is 3. The number of nitrogens with zero attached hydrogens (tertiary/aromatic N) is 1. The van der Waals surface area contributed by atoms with Gasteiger partial charge in [0.2, 0.25) is 11.8 Å². The molecule has 0 bridgehead atoms. The van der Waals surface area contributed by atoms with E-state index >= 15 is 0 Å². The number of esters is 1. The molecule has 1 aromatic carbocycles. The molecular weight excluding hydrogens is 478 g/mol. The highest BCUT2D eigenvalue weighted by atomic mass is 16.6. The Bertz CT molecular complexity index is 989. The third-order valence-electron chi connectivity index (χ3n) is 6.25. The molecule has 1 aromatic rings. The molecule has 0 aromatic heterocycles. The fraction of sp³-hybridized carbons (Fsp3) is 0.630. The number of aliphatic hydroxyl groups excluding tert-OH is 1. The lowest BCUT2D eigenvalue weighted by Gasteiger charge is -2.35. The van der Waals surface area contributed by atoms with Crippen molar-refractivity contribution in [1.29, 1.82) is 0 Å². The number of carbonyl (C=O) groups is 4. The molecule has 10 nitrogen and oxygen atoms in total. The van der Waals surface area contributed by atoms with Gasteiger partial charge in [-0.25, -0.2) is 4.79 Å². The molecule has 0 heterocycles. The Morgan fingerprint density at radius 2 is 1.84 bits per heavy atom. The Morgan fingerprint density at radius 3 is 2.38 bits per heavy atom. The van der Waals surface area contributed by atoms with Gasteiger partial charge in [0.25, 0.3) is 0 Å². The number of ether oxygens (including phenoxy) is 2. The van der Waals surface area contributed by atoms with E-state index in [2.05, 4.69) is 10.6 Å². The van der Waals surface area contributed by atoms with Gasteiger partial charge in [-0.3, -0.25) is 14.4 Å². The zero-order valence-corrected chi connectivity index (χ0v) is 22.9. The normalized spacial score (nSPS) is 18.3. The smallest absolute Gasteiger partial charge is 0.408 e. The number of nitrogens with one attached hydrogen (secondary N) is 2. The summed E-state index contributed by atoms with van der Waals surface area (Å²) >= 11 is 0. The maximum Gasteiger partial charge on any atom is 0.408 e. The molecule has 0 spiro atoms. The van der Waals surface area contributed by atoms with Gasteiger partial charge in [0, 0.05) is 12.6 Å². The van der Waals surface area contributed by atoms with Crippen molar-refractivity contribution in [3.63, 3.8) is 0 Å². The summed E-state index contributed by atoms with van der Waals surface area (Å²) in [5.74, 6) is -1.35. The molecule has 1 saturated carbocycles. The molecule has 1 aliphatic carbocycles. The predicted octanol–water partition coefficient (Wildman–Crippen LogP) is 2.54.